The zero-order chi connectivity index (χ0) is 14.5. The molecular weight excluding hydrogens is 281 g/mol. The molecule has 4 nitrogen and oxygen atoms in total. The van der Waals surface area contributed by atoms with Gasteiger partial charge in [0.1, 0.15) is 4.90 Å². The number of hydrogen-bond acceptors (Lipinski definition) is 3. The summed E-state index contributed by atoms with van der Waals surface area (Å²) in [5, 5.41) is 0. The fourth-order valence-corrected chi connectivity index (χ4v) is 2.66. The van der Waals surface area contributed by atoms with E-state index < -0.39 is 22.6 Å². The summed E-state index contributed by atoms with van der Waals surface area (Å²) >= 11 is 0. The zero-order valence-electron chi connectivity index (χ0n) is 10.1. The molecule has 0 heterocycles. The first-order chi connectivity index (χ1) is 8.72. The molecule has 0 unspecified atom stereocenters. The van der Waals surface area contributed by atoms with Gasteiger partial charge in [-0.2, -0.15) is 13.2 Å². The quantitative estimate of drug-likeness (QED) is 0.625. The van der Waals surface area contributed by atoms with E-state index in [1.165, 1.54) is 18.2 Å². The first-order valence-electron chi connectivity index (χ1n) is 5.63. The first kappa shape index (κ1) is 15.8. The van der Waals surface area contributed by atoms with Crippen molar-refractivity contribution in [2.45, 2.75) is 30.3 Å². The number of nitrogens with two attached hydrogens (primary N) is 1. The number of halogens is 3. The number of hydrogen-bond donors (Lipinski definition) is 2. The standard InChI is InChI=1S/C11H15F3N2O2S/c12-11(13,14)7-3-4-8-16-19(17,18)10-6-2-1-5-9(10)15/h1-2,5-6,16H,3-4,7-8,15H2. The van der Waals surface area contributed by atoms with Crippen molar-refractivity contribution in [3.05, 3.63) is 24.3 Å². The molecule has 0 aliphatic carbocycles. The second-order valence-electron chi connectivity index (χ2n) is 4.01. The fraction of sp³-hybridized carbons (Fsp3) is 0.455. The van der Waals surface area contributed by atoms with Crippen LogP contribution < -0.4 is 10.5 Å². The van der Waals surface area contributed by atoms with E-state index in [-0.39, 0.29) is 30.0 Å². The molecule has 1 aromatic carbocycles. The Bertz CT molecular complexity index is 515. The number of sulfonamides is 1. The molecule has 19 heavy (non-hydrogen) atoms. The maximum Gasteiger partial charge on any atom is 0.389 e. The summed E-state index contributed by atoms with van der Waals surface area (Å²) in [6.45, 7) is -0.0489. The highest BCUT2D eigenvalue weighted by molar-refractivity contribution is 7.89. The molecule has 8 heteroatoms. The van der Waals surface area contributed by atoms with Gasteiger partial charge in [-0.3, -0.25) is 0 Å². The van der Waals surface area contributed by atoms with Crippen molar-refractivity contribution in [2.24, 2.45) is 0 Å². The predicted molar refractivity (Wildman–Crippen MR) is 65.9 cm³/mol. The largest absolute Gasteiger partial charge is 0.398 e. The number of unbranched alkanes of at least 4 members (excludes halogenated alkanes) is 1. The third-order valence-electron chi connectivity index (χ3n) is 2.39. The lowest BCUT2D eigenvalue weighted by Gasteiger charge is -2.09. The molecule has 3 N–H and O–H groups in total. The summed E-state index contributed by atoms with van der Waals surface area (Å²) in [7, 11) is -3.76. The van der Waals surface area contributed by atoms with E-state index in [1.54, 1.807) is 6.07 Å². The average molecular weight is 296 g/mol. The van der Waals surface area contributed by atoms with E-state index in [0.717, 1.165) is 0 Å². The summed E-state index contributed by atoms with van der Waals surface area (Å²) in [6.07, 6.45) is -5.12. The Morgan fingerprint density at radius 3 is 2.37 bits per heavy atom. The molecule has 1 aromatic rings. The van der Waals surface area contributed by atoms with E-state index >= 15 is 0 Å². The van der Waals surface area contributed by atoms with Crippen LogP contribution in [0.3, 0.4) is 0 Å². The van der Waals surface area contributed by atoms with Gasteiger partial charge < -0.3 is 5.73 Å². The molecule has 0 aromatic heterocycles. The summed E-state index contributed by atoms with van der Waals surface area (Å²) < 4.78 is 61.5. The van der Waals surface area contributed by atoms with Gasteiger partial charge in [-0.25, -0.2) is 13.1 Å². The highest BCUT2D eigenvalue weighted by atomic mass is 32.2. The van der Waals surface area contributed by atoms with Crippen molar-refractivity contribution >= 4 is 15.7 Å². The Labute approximate surface area is 109 Å². The Morgan fingerprint density at radius 2 is 1.79 bits per heavy atom. The van der Waals surface area contributed by atoms with Crippen LogP contribution in [0.25, 0.3) is 0 Å². The monoisotopic (exact) mass is 296 g/mol. The van der Waals surface area contributed by atoms with Crippen molar-refractivity contribution < 1.29 is 21.6 Å². The van der Waals surface area contributed by atoms with E-state index in [1.807, 2.05) is 0 Å². The minimum Gasteiger partial charge on any atom is -0.398 e. The second kappa shape index (κ2) is 6.25. The van der Waals surface area contributed by atoms with Gasteiger partial charge in [-0.1, -0.05) is 12.1 Å². The number of nitrogen functional groups attached to an aromatic ring is 1. The Morgan fingerprint density at radius 1 is 1.16 bits per heavy atom. The zero-order valence-corrected chi connectivity index (χ0v) is 10.9. The summed E-state index contributed by atoms with van der Waals surface area (Å²) in [5.41, 5.74) is 5.63. The van der Waals surface area contributed by atoms with Crippen LogP contribution in [0.2, 0.25) is 0 Å². The van der Waals surface area contributed by atoms with Crippen LogP contribution in [0.5, 0.6) is 0 Å². The van der Waals surface area contributed by atoms with Gasteiger partial charge in [0.25, 0.3) is 0 Å². The summed E-state index contributed by atoms with van der Waals surface area (Å²) in [6, 6.07) is 5.90. The number of anilines is 1. The molecule has 0 spiro atoms. The second-order valence-corrected chi connectivity index (χ2v) is 5.74. The smallest absolute Gasteiger partial charge is 0.389 e. The Balaban J connectivity index is 2.47. The summed E-state index contributed by atoms with van der Waals surface area (Å²) in [5.74, 6) is 0. The molecule has 0 radical (unpaired) electrons. The van der Waals surface area contributed by atoms with E-state index in [4.69, 9.17) is 5.73 Å². The minimum atomic E-state index is -4.21. The Kier molecular flexibility index (Phi) is 5.19. The number of para-hydroxylation sites is 1. The number of nitrogens with one attached hydrogen (secondary N) is 1. The van der Waals surface area contributed by atoms with Crippen LogP contribution in [0.4, 0.5) is 18.9 Å². The maximum atomic E-state index is 11.9. The van der Waals surface area contributed by atoms with Crippen molar-refractivity contribution in [1.82, 2.24) is 4.72 Å². The third kappa shape index (κ3) is 5.48. The normalized spacial score (nSPS) is 12.6. The van der Waals surface area contributed by atoms with Crippen molar-refractivity contribution in [3.8, 4) is 0 Å². The van der Waals surface area contributed by atoms with Gasteiger partial charge >= 0.3 is 6.18 Å². The lowest BCUT2D eigenvalue weighted by Crippen LogP contribution is -2.25. The number of alkyl halides is 3. The maximum absolute atomic E-state index is 11.9. The van der Waals surface area contributed by atoms with Crippen LogP contribution in [-0.4, -0.2) is 21.1 Å². The van der Waals surface area contributed by atoms with Gasteiger partial charge in [-0.05, 0) is 25.0 Å². The first-order valence-corrected chi connectivity index (χ1v) is 7.11. The molecule has 0 saturated carbocycles. The molecule has 0 aliphatic rings. The molecule has 0 aliphatic heterocycles. The van der Waals surface area contributed by atoms with Crippen LogP contribution in [0.15, 0.2) is 29.2 Å². The predicted octanol–water partition coefficient (Wildman–Crippen LogP) is 2.28. The van der Waals surface area contributed by atoms with Gasteiger partial charge in [-0.15, -0.1) is 0 Å². The van der Waals surface area contributed by atoms with Crippen LogP contribution in [-0.2, 0) is 10.0 Å². The van der Waals surface area contributed by atoms with Crippen LogP contribution in [0, 0.1) is 0 Å². The molecule has 0 saturated heterocycles. The van der Waals surface area contributed by atoms with Crippen molar-refractivity contribution in [1.29, 1.82) is 0 Å². The SMILES string of the molecule is Nc1ccccc1S(=O)(=O)NCCCCC(F)(F)F. The molecule has 108 valence electrons. The van der Waals surface area contributed by atoms with E-state index in [9.17, 15) is 21.6 Å². The Hall–Kier alpha value is -1.28. The van der Waals surface area contributed by atoms with E-state index in [0.29, 0.717) is 0 Å². The van der Waals surface area contributed by atoms with Gasteiger partial charge in [0.2, 0.25) is 10.0 Å². The molecule has 0 atom stereocenters. The van der Waals surface area contributed by atoms with Crippen molar-refractivity contribution in [3.63, 3.8) is 0 Å². The van der Waals surface area contributed by atoms with Crippen LogP contribution in [0.1, 0.15) is 19.3 Å². The number of rotatable bonds is 6. The topological polar surface area (TPSA) is 72.2 Å². The third-order valence-corrected chi connectivity index (χ3v) is 3.92. The average Bonchev–Trinajstić information content (AvgIpc) is 2.27. The van der Waals surface area contributed by atoms with E-state index in [2.05, 4.69) is 4.72 Å². The minimum absolute atomic E-state index is 0.0489. The highest BCUT2D eigenvalue weighted by Crippen LogP contribution is 2.22. The van der Waals surface area contributed by atoms with Crippen LogP contribution >= 0.6 is 0 Å². The van der Waals surface area contributed by atoms with Gasteiger partial charge in [0.05, 0.1) is 5.69 Å². The molecule has 1 rings (SSSR count). The molecule has 0 fully saturated rings. The molecule has 0 amide bonds. The lowest BCUT2D eigenvalue weighted by atomic mass is 10.2. The molecular formula is C11H15F3N2O2S. The van der Waals surface area contributed by atoms with Crippen molar-refractivity contribution in [2.75, 3.05) is 12.3 Å². The van der Waals surface area contributed by atoms with Gasteiger partial charge in [0, 0.05) is 13.0 Å². The lowest BCUT2D eigenvalue weighted by molar-refractivity contribution is -0.135. The van der Waals surface area contributed by atoms with Gasteiger partial charge in [0.15, 0.2) is 0 Å². The number of benzene rings is 1. The highest BCUT2D eigenvalue weighted by Gasteiger charge is 2.26. The fourth-order valence-electron chi connectivity index (χ4n) is 1.46. The summed E-state index contributed by atoms with van der Waals surface area (Å²) in [4.78, 5) is -0.0641. The molecule has 0 bridgehead atoms.